The Morgan fingerprint density at radius 2 is 1.62 bits per heavy atom. The van der Waals surface area contributed by atoms with Gasteiger partial charge >= 0.3 is 6.09 Å². The van der Waals surface area contributed by atoms with Crippen LogP contribution in [0.1, 0.15) is 24.0 Å². The Bertz CT molecular complexity index is 1260. The summed E-state index contributed by atoms with van der Waals surface area (Å²) in [5.74, 6) is -0.712. The third kappa shape index (κ3) is 11.1. The lowest BCUT2D eigenvalue weighted by Crippen LogP contribution is -2.56. The largest absolute Gasteiger partial charge is 0.445 e. The number of hydrogen-bond acceptors (Lipinski definition) is 6. The molecule has 0 aliphatic rings. The zero-order valence-corrected chi connectivity index (χ0v) is 24.0. The molecule has 0 aromatic heterocycles. The van der Waals surface area contributed by atoms with Crippen molar-refractivity contribution in [1.29, 1.82) is 5.41 Å². The van der Waals surface area contributed by atoms with Crippen molar-refractivity contribution in [3.8, 4) is 0 Å². The molecular weight excluding hydrogens is 623 g/mol. The number of aliphatic hydroxyl groups is 1. The molecule has 0 saturated carbocycles. The van der Waals surface area contributed by atoms with Crippen molar-refractivity contribution >= 4 is 52.5 Å². The highest BCUT2D eigenvalue weighted by atomic mass is 127. The van der Waals surface area contributed by atoms with Crippen LogP contribution in [0.25, 0.3) is 0 Å². The van der Waals surface area contributed by atoms with Crippen LogP contribution in [0.5, 0.6) is 0 Å². The number of amides is 2. The van der Waals surface area contributed by atoms with Crippen LogP contribution in [0.3, 0.4) is 0 Å². The first kappa shape index (κ1) is 30.7. The molecule has 0 heterocycles. The highest BCUT2D eigenvalue weighted by molar-refractivity contribution is 14.1. The predicted molar refractivity (Wildman–Crippen MR) is 164 cm³/mol. The second-order valence-electron chi connectivity index (χ2n) is 8.94. The molecule has 0 fully saturated rings. The Kier molecular flexibility index (Phi) is 12.5. The molecule has 11 heteroatoms. The van der Waals surface area contributed by atoms with E-state index in [0.29, 0.717) is 12.1 Å². The van der Waals surface area contributed by atoms with Crippen molar-refractivity contribution in [3.63, 3.8) is 0 Å². The minimum Gasteiger partial charge on any atom is -0.445 e. The van der Waals surface area contributed by atoms with E-state index in [1.165, 1.54) is 6.21 Å². The standard InChI is InChI=1S/C29H33IN6O4/c30-22-13-15-23(16-14-22)34-26(37)24(12-7-17-33-28(31)32)35-27(38)25(18-20-8-3-1-4-9-20)36-29(39)40-19-21-10-5-2-6-11-21/h1-6,8-11,13-17,24-25,27,35,38H,7,12,18-19H2,(H3,31,32)(H,34,37)(H,36,39)/b33-17+/t24-,25-,27?/m0/s1. The van der Waals surface area contributed by atoms with Gasteiger partial charge in [0.15, 0.2) is 0 Å². The first-order valence-corrected chi connectivity index (χ1v) is 13.8. The van der Waals surface area contributed by atoms with Crippen molar-refractivity contribution < 1.29 is 19.4 Å². The smallest absolute Gasteiger partial charge is 0.407 e. The minimum atomic E-state index is -1.30. The molecule has 3 rings (SSSR count). The number of anilines is 1. The summed E-state index contributed by atoms with van der Waals surface area (Å²) in [6, 6.07) is 24.3. The molecule has 1 unspecified atom stereocenters. The summed E-state index contributed by atoms with van der Waals surface area (Å²) in [6.07, 6.45) is 0.302. The molecule has 0 aliphatic carbocycles. The maximum absolute atomic E-state index is 13.2. The van der Waals surface area contributed by atoms with Gasteiger partial charge in [0.1, 0.15) is 12.8 Å². The fourth-order valence-corrected chi connectivity index (χ4v) is 4.16. The van der Waals surface area contributed by atoms with Gasteiger partial charge in [-0.05, 0) is 77.2 Å². The normalized spacial score (nSPS) is 13.2. The summed E-state index contributed by atoms with van der Waals surface area (Å²) in [5, 5.41) is 27.0. The maximum atomic E-state index is 13.2. The molecule has 7 N–H and O–H groups in total. The van der Waals surface area contributed by atoms with Crippen LogP contribution in [-0.2, 0) is 22.6 Å². The average molecular weight is 657 g/mol. The van der Waals surface area contributed by atoms with Crippen molar-refractivity contribution in [2.45, 2.75) is 44.2 Å². The Balaban J connectivity index is 1.72. The number of aliphatic hydroxyl groups excluding tert-OH is 1. The van der Waals surface area contributed by atoms with Gasteiger partial charge in [0, 0.05) is 15.5 Å². The van der Waals surface area contributed by atoms with Crippen molar-refractivity contribution in [2.24, 2.45) is 10.7 Å². The molecule has 2 amide bonds. The van der Waals surface area contributed by atoms with E-state index < -0.39 is 24.4 Å². The van der Waals surface area contributed by atoms with E-state index in [1.54, 1.807) is 12.1 Å². The summed E-state index contributed by atoms with van der Waals surface area (Å²) >= 11 is 2.18. The maximum Gasteiger partial charge on any atom is 0.407 e. The zero-order valence-electron chi connectivity index (χ0n) is 21.8. The summed E-state index contributed by atoms with van der Waals surface area (Å²) in [7, 11) is 0. The van der Waals surface area contributed by atoms with E-state index in [9.17, 15) is 14.7 Å². The number of hydrogen-bond donors (Lipinski definition) is 6. The second kappa shape index (κ2) is 16.3. The van der Waals surface area contributed by atoms with Crippen LogP contribution < -0.4 is 21.7 Å². The van der Waals surface area contributed by atoms with Crippen LogP contribution in [0.4, 0.5) is 10.5 Å². The molecule has 0 bridgehead atoms. The van der Waals surface area contributed by atoms with E-state index >= 15 is 0 Å². The Hall–Kier alpha value is -3.81. The van der Waals surface area contributed by atoms with Gasteiger partial charge in [0.05, 0.1) is 12.1 Å². The number of nitrogens with zero attached hydrogens (tertiary/aromatic N) is 1. The molecule has 40 heavy (non-hydrogen) atoms. The number of aliphatic imine (C=N–C) groups is 1. The highest BCUT2D eigenvalue weighted by Crippen LogP contribution is 2.13. The summed E-state index contributed by atoms with van der Waals surface area (Å²) in [4.78, 5) is 29.6. The number of benzene rings is 3. The van der Waals surface area contributed by atoms with Crippen LogP contribution in [-0.4, -0.2) is 47.6 Å². The van der Waals surface area contributed by atoms with E-state index in [2.05, 4.69) is 43.5 Å². The number of rotatable bonds is 13. The fraction of sp³-hybridized carbons (Fsp3) is 0.241. The van der Waals surface area contributed by atoms with Crippen LogP contribution in [0.2, 0.25) is 0 Å². The number of carbonyl (C=O) groups is 2. The SMILES string of the molecule is N=C(N)/N=C/CC[C@H](NC(O)[C@H](Cc1ccccc1)NC(=O)OCc1ccccc1)C(=O)Nc1ccc(I)cc1. The number of nitrogens with one attached hydrogen (secondary N) is 4. The van der Waals surface area contributed by atoms with E-state index in [1.807, 2.05) is 72.8 Å². The lowest BCUT2D eigenvalue weighted by atomic mass is 10.0. The molecule has 210 valence electrons. The average Bonchev–Trinajstić information content (AvgIpc) is 2.95. The molecule has 0 aliphatic heterocycles. The van der Waals surface area contributed by atoms with E-state index in [-0.39, 0.29) is 31.3 Å². The Morgan fingerprint density at radius 3 is 2.25 bits per heavy atom. The van der Waals surface area contributed by atoms with Crippen molar-refractivity contribution in [3.05, 3.63) is 99.6 Å². The van der Waals surface area contributed by atoms with Gasteiger partial charge in [-0.25, -0.2) is 9.79 Å². The van der Waals surface area contributed by atoms with Gasteiger partial charge in [-0.2, -0.15) is 0 Å². The molecule has 3 atom stereocenters. The number of nitrogens with two attached hydrogens (primary N) is 1. The number of guanidine groups is 1. The summed E-state index contributed by atoms with van der Waals surface area (Å²) in [5.41, 5.74) is 7.60. The molecule has 3 aromatic rings. The van der Waals surface area contributed by atoms with Crippen LogP contribution in [0.15, 0.2) is 89.9 Å². The number of alkyl carbamates (subject to hydrolysis) is 1. The quantitative estimate of drug-likeness (QED) is 0.0711. The Morgan fingerprint density at radius 1 is 1.00 bits per heavy atom. The first-order chi connectivity index (χ1) is 19.3. The molecular formula is C29H33IN6O4. The molecule has 10 nitrogen and oxygen atoms in total. The number of ether oxygens (including phenoxy) is 1. The third-order valence-corrected chi connectivity index (χ3v) is 6.53. The lowest BCUT2D eigenvalue weighted by molar-refractivity contribution is -0.119. The van der Waals surface area contributed by atoms with Gasteiger partial charge in [-0.15, -0.1) is 0 Å². The zero-order chi connectivity index (χ0) is 28.7. The predicted octanol–water partition coefficient (Wildman–Crippen LogP) is 3.79. The molecule has 0 saturated heterocycles. The number of carbonyl (C=O) groups excluding carboxylic acids is 2. The monoisotopic (exact) mass is 656 g/mol. The van der Waals surface area contributed by atoms with Crippen LogP contribution in [0, 0.1) is 8.98 Å². The van der Waals surface area contributed by atoms with Crippen molar-refractivity contribution in [1.82, 2.24) is 10.6 Å². The van der Waals surface area contributed by atoms with Gasteiger partial charge in [-0.1, -0.05) is 60.7 Å². The first-order valence-electron chi connectivity index (χ1n) is 12.7. The number of halogens is 1. The van der Waals surface area contributed by atoms with Gasteiger partial charge in [-0.3, -0.25) is 15.5 Å². The van der Waals surface area contributed by atoms with Gasteiger partial charge in [0.2, 0.25) is 11.9 Å². The molecule has 0 spiro atoms. The molecule has 3 aromatic carbocycles. The second-order valence-corrected chi connectivity index (χ2v) is 10.2. The summed E-state index contributed by atoms with van der Waals surface area (Å²) in [6.45, 7) is 0.0742. The highest BCUT2D eigenvalue weighted by Gasteiger charge is 2.28. The Labute approximate surface area is 247 Å². The van der Waals surface area contributed by atoms with E-state index in [4.69, 9.17) is 15.9 Å². The van der Waals surface area contributed by atoms with Gasteiger partial charge in [0.25, 0.3) is 0 Å². The van der Waals surface area contributed by atoms with Gasteiger partial charge < -0.3 is 26.2 Å². The third-order valence-electron chi connectivity index (χ3n) is 5.81. The van der Waals surface area contributed by atoms with Crippen LogP contribution >= 0.6 is 22.6 Å². The summed E-state index contributed by atoms with van der Waals surface area (Å²) < 4.78 is 6.39. The van der Waals surface area contributed by atoms with E-state index in [0.717, 1.165) is 14.7 Å². The minimum absolute atomic E-state index is 0.0742. The fourth-order valence-electron chi connectivity index (χ4n) is 3.80. The topological polar surface area (TPSA) is 162 Å². The van der Waals surface area contributed by atoms with Crippen molar-refractivity contribution in [2.75, 3.05) is 5.32 Å². The lowest BCUT2D eigenvalue weighted by Gasteiger charge is -2.28. The molecule has 0 radical (unpaired) electrons.